The van der Waals surface area contributed by atoms with Gasteiger partial charge in [0.25, 0.3) is 5.69 Å². The third kappa shape index (κ3) is 4.12. The number of sulfonamides is 1. The van der Waals surface area contributed by atoms with Gasteiger partial charge in [-0.1, -0.05) is 0 Å². The standard InChI is InChI=1S/C16H23N5O4S/c1-13(6-7-17)19(3)15-5-4-14(12-16(15)21(22)23)26(24,25)20-10-8-18(2)9-11-20/h4-5,12-13H,6,8-11H2,1-3H3/t13-/m0/s1. The minimum atomic E-state index is -3.78. The number of benzene rings is 1. The summed E-state index contributed by atoms with van der Waals surface area (Å²) in [4.78, 5) is 14.5. The monoisotopic (exact) mass is 381 g/mol. The van der Waals surface area contributed by atoms with Crippen molar-refractivity contribution in [1.82, 2.24) is 9.21 Å². The molecule has 0 spiro atoms. The average molecular weight is 381 g/mol. The van der Waals surface area contributed by atoms with Crippen molar-refractivity contribution in [2.24, 2.45) is 0 Å². The minimum absolute atomic E-state index is 0.0844. The van der Waals surface area contributed by atoms with Crippen LogP contribution in [0.1, 0.15) is 13.3 Å². The molecule has 0 aromatic heterocycles. The van der Waals surface area contributed by atoms with Crippen LogP contribution in [0.2, 0.25) is 0 Å². The van der Waals surface area contributed by atoms with E-state index in [1.807, 2.05) is 18.0 Å². The molecule has 9 nitrogen and oxygen atoms in total. The van der Waals surface area contributed by atoms with Gasteiger partial charge in [0.1, 0.15) is 5.69 Å². The summed E-state index contributed by atoms with van der Waals surface area (Å²) in [5, 5.41) is 20.3. The number of anilines is 1. The van der Waals surface area contributed by atoms with E-state index in [1.165, 1.54) is 16.4 Å². The maximum atomic E-state index is 12.8. The lowest BCUT2D eigenvalue weighted by Gasteiger charge is -2.31. The number of hydrogen-bond donors (Lipinski definition) is 0. The Morgan fingerprint density at radius 1 is 1.35 bits per heavy atom. The maximum Gasteiger partial charge on any atom is 0.293 e. The summed E-state index contributed by atoms with van der Waals surface area (Å²) >= 11 is 0. The zero-order valence-electron chi connectivity index (χ0n) is 15.1. The van der Waals surface area contributed by atoms with E-state index in [9.17, 15) is 18.5 Å². The molecule has 0 unspecified atom stereocenters. The van der Waals surface area contributed by atoms with E-state index < -0.39 is 14.9 Å². The van der Waals surface area contributed by atoms with Gasteiger partial charge in [0.05, 0.1) is 22.3 Å². The molecule has 0 bridgehead atoms. The molecular weight excluding hydrogens is 358 g/mol. The topological polar surface area (TPSA) is 111 Å². The van der Waals surface area contributed by atoms with Crippen LogP contribution < -0.4 is 4.90 Å². The van der Waals surface area contributed by atoms with Gasteiger partial charge < -0.3 is 9.80 Å². The van der Waals surface area contributed by atoms with Crippen molar-refractivity contribution >= 4 is 21.4 Å². The predicted octanol–water partition coefficient (Wildman–Crippen LogP) is 1.27. The molecule has 0 aliphatic carbocycles. The Balaban J connectivity index is 2.39. The highest BCUT2D eigenvalue weighted by Crippen LogP contribution is 2.32. The summed E-state index contributed by atoms with van der Waals surface area (Å²) in [5.74, 6) is 0. The molecule has 1 heterocycles. The molecular formula is C16H23N5O4S. The highest BCUT2D eigenvalue weighted by Gasteiger charge is 2.30. The summed E-state index contributed by atoms with van der Waals surface area (Å²) in [6.07, 6.45) is 0.203. The van der Waals surface area contributed by atoms with Crippen LogP contribution >= 0.6 is 0 Å². The highest BCUT2D eigenvalue weighted by molar-refractivity contribution is 7.89. The van der Waals surface area contributed by atoms with Crippen molar-refractivity contribution in [3.8, 4) is 6.07 Å². The summed E-state index contributed by atoms with van der Waals surface area (Å²) < 4.78 is 27.0. The van der Waals surface area contributed by atoms with Crippen LogP contribution in [0, 0.1) is 21.4 Å². The van der Waals surface area contributed by atoms with Crippen LogP contribution in [0.5, 0.6) is 0 Å². The molecule has 1 aromatic rings. The first kappa shape index (κ1) is 20.1. The third-order valence-corrected chi connectivity index (χ3v) is 6.57. The minimum Gasteiger partial charge on any atom is -0.365 e. The highest BCUT2D eigenvalue weighted by atomic mass is 32.2. The number of likely N-dealkylation sites (N-methyl/N-ethyl adjacent to an activating group) is 1. The normalized spacial score (nSPS) is 17.5. The number of piperazine rings is 1. The summed E-state index contributed by atoms with van der Waals surface area (Å²) in [6.45, 7) is 3.73. The van der Waals surface area contributed by atoms with Gasteiger partial charge in [-0.25, -0.2) is 8.42 Å². The fourth-order valence-electron chi connectivity index (χ4n) is 2.79. The van der Waals surface area contributed by atoms with Crippen molar-refractivity contribution in [2.75, 3.05) is 45.2 Å². The molecule has 1 aliphatic rings. The molecule has 1 atom stereocenters. The summed E-state index contributed by atoms with van der Waals surface area (Å²) in [7, 11) is -0.213. The van der Waals surface area contributed by atoms with Crippen molar-refractivity contribution in [1.29, 1.82) is 5.26 Å². The fourth-order valence-corrected chi connectivity index (χ4v) is 4.23. The van der Waals surface area contributed by atoms with Gasteiger partial charge in [0.2, 0.25) is 10.0 Å². The van der Waals surface area contributed by atoms with Gasteiger partial charge in [0, 0.05) is 45.3 Å². The Bertz CT molecular complexity index is 812. The number of nitriles is 1. The zero-order chi connectivity index (χ0) is 19.5. The van der Waals surface area contributed by atoms with Crippen LogP contribution in [0.25, 0.3) is 0 Å². The smallest absolute Gasteiger partial charge is 0.293 e. The van der Waals surface area contributed by atoms with E-state index in [-0.39, 0.29) is 28.7 Å². The van der Waals surface area contributed by atoms with Gasteiger partial charge in [-0.05, 0) is 26.1 Å². The molecule has 0 N–H and O–H groups in total. The van der Waals surface area contributed by atoms with E-state index in [0.29, 0.717) is 26.2 Å². The van der Waals surface area contributed by atoms with Gasteiger partial charge in [-0.15, -0.1) is 0 Å². The fraction of sp³-hybridized carbons (Fsp3) is 0.562. The summed E-state index contributed by atoms with van der Waals surface area (Å²) in [6, 6.07) is 5.74. The third-order valence-electron chi connectivity index (χ3n) is 4.67. The number of rotatable bonds is 6. The van der Waals surface area contributed by atoms with Crippen molar-refractivity contribution in [3.05, 3.63) is 28.3 Å². The maximum absolute atomic E-state index is 12.8. The Labute approximate surface area is 153 Å². The second-order valence-electron chi connectivity index (χ2n) is 6.44. The van der Waals surface area contributed by atoms with Crippen molar-refractivity contribution < 1.29 is 13.3 Å². The first-order valence-corrected chi connectivity index (χ1v) is 9.69. The van der Waals surface area contributed by atoms with E-state index in [2.05, 4.69) is 0 Å². The first-order valence-electron chi connectivity index (χ1n) is 8.25. The Kier molecular flexibility index (Phi) is 6.17. The first-order chi connectivity index (χ1) is 12.2. The van der Waals surface area contributed by atoms with Gasteiger partial charge in [-0.2, -0.15) is 9.57 Å². The molecule has 0 amide bonds. The van der Waals surface area contributed by atoms with Crippen molar-refractivity contribution in [2.45, 2.75) is 24.3 Å². The van der Waals surface area contributed by atoms with E-state index in [0.717, 1.165) is 6.07 Å². The molecule has 1 saturated heterocycles. The lowest BCUT2D eigenvalue weighted by molar-refractivity contribution is -0.384. The van der Waals surface area contributed by atoms with Crippen LogP contribution in [-0.4, -0.2) is 68.9 Å². The molecule has 26 heavy (non-hydrogen) atoms. The Morgan fingerprint density at radius 3 is 2.50 bits per heavy atom. The van der Waals surface area contributed by atoms with E-state index >= 15 is 0 Å². The molecule has 1 fully saturated rings. The van der Waals surface area contributed by atoms with Crippen LogP contribution in [0.4, 0.5) is 11.4 Å². The second-order valence-corrected chi connectivity index (χ2v) is 8.38. The molecule has 0 radical (unpaired) electrons. The molecule has 1 aliphatic heterocycles. The summed E-state index contributed by atoms with van der Waals surface area (Å²) in [5.41, 5.74) is 0.00238. The molecule has 1 aromatic carbocycles. The van der Waals surface area contributed by atoms with Gasteiger partial charge in [0.15, 0.2) is 0 Å². The largest absolute Gasteiger partial charge is 0.365 e. The van der Waals surface area contributed by atoms with Crippen molar-refractivity contribution in [3.63, 3.8) is 0 Å². The van der Waals surface area contributed by atoms with Gasteiger partial charge >= 0.3 is 0 Å². The predicted molar refractivity (Wildman–Crippen MR) is 97.4 cm³/mol. The van der Waals surface area contributed by atoms with Crippen LogP contribution in [-0.2, 0) is 10.0 Å². The Hall–Kier alpha value is -2.22. The number of nitro benzene ring substituents is 1. The lowest BCUT2D eigenvalue weighted by atomic mass is 10.2. The molecule has 2 rings (SSSR count). The quantitative estimate of drug-likeness (QED) is 0.539. The van der Waals surface area contributed by atoms with E-state index in [4.69, 9.17) is 5.26 Å². The Morgan fingerprint density at radius 2 is 1.96 bits per heavy atom. The average Bonchev–Trinajstić information content (AvgIpc) is 2.61. The van der Waals surface area contributed by atoms with Crippen LogP contribution in [0.15, 0.2) is 23.1 Å². The van der Waals surface area contributed by atoms with Crippen LogP contribution in [0.3, 0.4) is 0 Å². The second kappa shape index (κ2) is 7.99. The lowest BCUT2D eigenvalue weighted by Crippen LogP contribution is -2.47. The van der Waals surface area contributed by atoms with E-state index in [1.54, 1.807) is 18.9 Å². The molecule has 142 valence electrons. The van der Waals surface area contributed by atoms with Gasteiger partial charge in [-0.3, -0.25) is 10.1 Å². The number of hydrogen-bond acceptors (Lipinski definition) is 7. The zero-order valence-corrected chi connectivity index (χ0v) is 15.9. The SMILES string of the molecule is C[C@@H](CC#N)N(C)c1ccc(S(=O)(=O)N2CCN(C)CC2)cc1[N+](=O)[O-]. The molecule has 0 saturated carbocycles. The number of nitrogens with zero attached hydrogens (tertiary/aromatic N) is 5. The number of nitro groups is 1. The molecule has 10 heteroatoms.